The van der Waals surface area contributed by atoms with Crippen LogP contribution in [0.25, 0.3) is 0 Å². The van der Waals surface area contributed by atoms with Crippen molar-refractivity contribution in [1.29, 1.82) is 0 Å². The first-order valence-electron chi connectivity index (χ1n) is 6.65. The molecular formula is C15H12ClFN2O5S. The molecular weight excluding hydrogens is 375 g/mol. The van der Waals surface area contributed by atoms with Crippen molar-refractivity contribution in [3.05, 3.63) is 58.4 Å². The SMILES string of the molecule is COC(=O)c1ccc(Cl)c(S(=O)(=O)Nc2ccc(F)c(C(N)=O)c2)c1. The molecule has 0 heterocycles. The minimum atomic E-state index is -4.23. The molecule has 0 radical (unpaired) electrons. The monoisotopic (exact) mass is 386 g/mol. The molecule has 0 aliphatic rings. The summed E-state index contributed by atoms with van der Waals surface area (Å²) < 4.78 is 45.1. The highest BCUT2D eigenvalue weighted by molar-refractivity contribution is 7.92. The van der Waals surface area contributed by atoms with Crippen LogP contribution < -0.4 is 10.5 Å². The number of methoxy groups -OCH3 is 1. The van der Waals surface area contributed by atoms with E-state index in [9.17, 15) is 22.4 Å². The van der Waals surface area contributed by atoms with Crippen LogP contribution in [0.3, 0.4) is 0 Å². The van der Waals surface area contributed by atoms with E-state index in [1.54, 1.807) is 0 Å². The number of ether oxygens (including phenoxy) is 1. The highest BCUT2D eigenvalue weighted by atomic mass is 35.5. The van der Waals surface area contributed by atoms with E-state index in [2.05, 4.69) is 9.46 Å². The Morgan fingerprint density at radius 2 is 1.88 bits per heavy atom. The second kappa shape index (κ2) is 7.08. The van der Waals surface area contributed by atoms with Crippen LogP contribution in [0.2, 0.25) is 5.02 Å². The molecule has 25 heavy (non-hydrogen) atoms. The van der Waals surface area contributed by atoms with E-state index >= 15 is 0 Å². The standard InChI is InChI=1S/C15H12ClFN2O5S/c1-24-15(21)8-2-4-11(16)13(6-8)25(22,23)19-9-3-5-12(17)10(7-9)14(18)20/h2-7,19H,1H3,(H2,18,20). The molecule has 0 bridgehead atoms. The van der Waals surface area contributed by atoms with Gasteiger partial charge in [-0.3, -0.25) is 9.52 Å². The predicted octanol–water partition coefficient (Wildman–Crippen LogP) is 2.17. The second-order valence-corrected chi connectivity index (χ2v) is 6.86. The summed E-state index contributed by atoms with van der Waals surface area (Å²) in [4.78, 5) is 22.3. The van der Waals surface area contributed by atoms with Gasteiger partial charge < -0.3 is 10.5 Å². The number of carbonyl (C=O) groups is 2. The zero-order valence-electron chi connectivity index (χ0n) is 12.7. The summed E-state index contributed by atoms with van der Waals surface area (Å²) in [5.41, 5.74) is 4.42. The number of nitrogens with one attached hydrogen (secondary N) is 1. The summed E-state index contributed by atoms with van der Waals surface area (Å²) in [6, 6.07) is 6.52. The van der Waals surface area contributed by atoms with Gasteiger partial charge in [0.05, 0.1) is 23.3 Å². The summed E-state index contributed by atoms with van der Waals surface area (Å²) in [7, 11) is -3.08. The molecule has 3 N–H and O–H groups in total. The fourth-order valence-corrected chi connectivity index (χ4v) is 3.52. The Morgan fingerprint density at radius 1 is 1.20 bits per heavy atom. The Labute approximate surface area is 147 Å². The van der Waals surface area contributed by atoms with Crippen LogP contribution in [0.4, 0.5) is 10.1 Å². The molecule has 0 saturated carbocycles. The molecule has 7 nitrogen and oxygen atoms in total. The molecule has 0 aliphatic carbocycles. The van der Waals surface area contributed by atoms with E-state index in [1.807, 2.05) is 0 Å². The van der Waals surface area contributed by atoms with Crippen LogP contribution in [0.1, 0.15) is 20.7 Å². The summed E-state index contributed by atoms with van der Waals surface area (Å²) in [6.07, 6.45) is 0. The molecule has 10 heteroatoms. The van der Waals surface area contributed by atoms with Gasteiger partial charge in [-0.15, -0.1) is 0 Å². The number of esters is 1. The second-order valence-electron chi connectivity index (χ2n) is 4.80. The van der Waals surface area contributed by atoms with Crippen LogP contribution >= 0.6 is 11.6 Å². The maximum Gasteiger partial charge on any atom is 0.337 e. The zero-order valence-corrected chi connectivity index (χ0v) is 14.3. The van der Waals surface area contributed by atoms with Gasteiger partial charge in [0.2, 0.25) is 0 Å². The Bertz CT molecular complexity index is 962. The third kappa shape index (κ3) is 4.06. The number of nitrogens with two attached hydrogens (primary N) is 1. The molecule has 132 valence electrons. The maximum atomic E-state index is 13.5. The van der Waals surface area contributed by atoms with Crippen molar-refractivity contribution >= 4 is 39.2 Å². The van der Waals surface area contributed by atoms with E-state index in [1.165, 1.54) is 12.1 Å². The number of amides is 1. The van der Waals surface area contributed by atoms with Gasteiger partial charge in [0.1, 0.15) is 10.7 Å². The molecule has 1 amide bonds. The van der Waals surface area contributed by atoms with Gasteiger partial charge in [0, 0.05) is 5.69 Å². The summed E-state index contributed by atoms with van der Waals surface area (Å²) in [5, 5.41) is -0.141. The Balaban J connectivity index is 2.45. The molecule has 2 rings (SSSR count). The minimum Gasteiger partial charge on any atom is -0.465 e. The molecule has 0 unspecified atom stereocenters. The molecule has 0 fully saturated rings. The summed E-state index contributed by atoms with van der Waals surface area (Å²) in [5.74, 6) is -2.68. The van der Waals surface area contributed by atoms with Crippen molar-refractivity contribution in [2.45, 2.75) is 4.90 Å². The lowest BCUT2D eigenvalue weighted by Gasteiger charge is -2.11. The first-order valence-corrected chi connectivity index (χ1v) is 8.52. The lowest BCUT2D eigenvalue weighted by Crippen LogP contribution is -2.17. The van der Waals surface area contributed by atoms with Crippen LogP contribution in [0, 0.1) is 5.82 Å². The number of hydrogen-bond acceptors (Lipinski definition) is 5. The summed E-state index contributed by atoms with van der Waals surface area (Å²) in [6.45, 7) is 0. The third-order valence-electron chi connectivity index (χ3n) is 3.13. The Hall–Kier alpha value is -2.65. The maximum absolute atomic E-state index is 13.5. The van der Waals surface area contributed by atoms with Crippen molar-refractivity contribution in [3.8, 4) is 0 Å². The van der Waals surface area contributed by atoms with Crippen LogP contribution in [-0.2, 0) is 14.8 Å². The molecule has 0 atom stereocenters. The van der Waals surface area contributed by atoms with Gasteiger partial charge in [-0.05, 0) is 36.4 Å². The Morgan fingerprint density at radius 3 is 2.48 bits per heavy atom. The average molecular weight is 387 g/mol. The number of rotatable bonds is 5. The van der Waals surface area contributed by atoms with E-state index < -0.39 is 33.3 Å². The number of carbonyl (C=O) groups excluding carboxylic acids is 2. The van der Waals surface area contributed by atoms with E-state index in [4.69, 9.17) is 17.3 Å². The van der Waals surface area contributed by atoms with Gasteiger partial charge in [-0.25, -0.2) is 17.6 Å². The predicted molar refractivity (Wildman–Crippen MR) is 88.5 cm³/mol. The van der Waals surface area contributed by atoms with Crippen molar-refractivity contribution in [3.63, 3.8) is 0 Å². The smallest absolute Gasteiger partial charge is 0.337 e. The van der Waals surface area contributed by atoms with Crippen molar-refractivity contribution in [2.24, 2.45) is 5.73 Å². The first-order chi connectivity index (χ1) is 11.7. The number of halogens is 2. The van der Waals surface area contributed by atoms with E-state index in [0.29, 0.717) is 0 Å². The van der Waals surface area contributed by atoms with Crippen LogP contribution in [-0.4, -0.2) is 27.4 Å². The van der Waals surface area contributed by atoms with E-state index in [-0.39, 0.29) is 21.2 Å². The normalized spacial score (nSPS) is 11.0. The average Bonchev–Trinajstić information content (AvgIpc) is 2.55. The molecule has 0 saturated heterocycles. The molecule has 0 aromatic heterocycles. The van der Waals surface area contributed by atoms with Crippen molar-refractivity contribution in [1.82, 2.24) is 0 Å². The quantitative estimate of drug-likeness (QED) is 0.764. The molecule has 2 aromatic rings. The molecule has 0 spiro atoms. The third-order valence-corrected chi connectivity index (χ3v) is 4.99. The minimum absolute atomic E-state index is 0.0239. The number of primary amides is 1. The van der Waals surface area contributed by atoms with E-state index in [0.717, 1.165) is 31.4 Å². The highest BCUT2D eigenvalue weighted by Crippen LogP contribution is 2.26. The summed E-state index contributed by atoms with van der Waals surface area (Å²) >= 11 is 5.90. The lowest BCUT2D eigenvalue weighted by molar-refractivity contribution is 0.0600. The van der Waals surface area contributed by atoms with Gasteiger partial charge >= 0.3 is 5.97 Å². The molecule has 0 aliphatic heterocycles. The van der Waals surface area contributed by atoms with Gasteiger partial charge in [-0.1, -0.05) is 11.6 Å². The van der Waals surface area contributed by atoms with Gasteiger partial charge in [0.25, 0.3) is 15.9 Å². The largest absolute Gasteiger partial charge is 0.465 e. The van der Waals surface area contributed by atoms with Crippen LogP contribution in [0.15, 0.2) is 41.3 Å². The van der Waals surface area contributed by atoms with Gasteiger partial charge in [0.15, 0.2) is 0 Å². The fraction of sp³-hybridized carbons (Fsp3) is 0.0667. The van der Waals surface area contributed by atoms with Crippen LogP contribution in [0.5, 0.6) is 0 Å². The van der Waals surface area contributed by atoms with Crippen molar-refractivity contribution in [2.75, 3.05) is 11.8 Å². The number of anilines is 1. The number of hydrogen-bond donors (Lipinski definition) is 2. The highest BCUT2D eigenvalue weighted by Gasteiger charge is 2.21. The topological polar surface area (TPSA) is 116 Å². The Kier molecular flexibility index (Phi) is 5.29. The fourth-order valence-electron chi connectivity index (χ4n) is 1.94. The van der Waals surface area contributed by atoms with Crippen molar-refractivity contribution < 1.29 is 27.1 Å². The number of sulfonamides is 1. The first kappa shape index (κ1) is 18.7. The lowest BCUT2D eigenvalue weighted by atomic mass is 10.2. The number of benzene rings is 2. The molecule has 2 aromatic carbocycles. The van der Waals surface area contributed by atoms with Gasteiger partial charge in [-0.2, -0.15) is 0 Å². The zero-order chi connectivity index (χ0) is 18.8.